The van der Waals surface area contributed by atoms with E-state index >= 15 is 0 Å². The number of hydrogen-bond donors (Lipinski definition) is 1. The van der Waals surface area contributed by atoms with Gasteiger partial charge in [0.05, 0.1) is 11.3 Å². The lowest BCUT2D eigenvalue weighted by atomic mass is 10.0. The van der Waals surface area contributed by atoms with E-state index in [0.29, 0.717) is 15.6 Å². The average Bonchev–Trinajstić information content (AvgIpc) is 2.55. The molecule has 12 heteroatoms. The molecule has 0 aliphatic carbocycles. The molecule has 0 aliphatic heterocycles. The van der Waals surface area contributed by atoms with Crippen molar-refractivity contribution in [2.45, 2.75) is 19.7 Å². The SMILES string of the molecule is C/C(=N\OCc1ccc(Cl)cc1Cl)c1cc(Cl)ccc1C(F)(F)F.N=S(=O)=O. The van der Waals surface area contributed by atoms with Crippen molar-refractivity contribution in [2.75, 3.05) is 0 Å². The molecule has 0 radical (unpaired) electrons. The Bertz CT molecular complexity index is 975. The summed E-state index contributed by atoms with van der Waals surface area (Å²) in [6, 6.07) is 8.10. The summed E-state index contributed by atoms with van der Waals surface area (Å²) in [7, 11) is -2.61. The lowest BCUT2D eigenvalue weighted by molar-refractivity contribution is -0.137. The number of hydrogen-bond acceptors (Lipinski definition) is 5. The van der Waals surface area contributed by atoms with Gasteiger partial charge in [-0.1, -0.05) is 46.0 Å². The molecule has 0 unspecified atom stereocenters. The molecule has 0 aliphatic rings. The van der Waals surface area contributed by atoms with Crippen LogP contribution in [0.3, 0.4) is 0 Å². The molecule has 28 heavy (non-hydrogen) atoms. The molecule has 1 N–H and O–H groups in total. The van der Waals surface area contributed by atoms with E-state index in [-0.39, 0.29) is 22.9 Å². The molecule has 0 aromatic heterocycles. The smallest absolute Gasteiger partial charge is 0.391 e. The van der Waals surface area contributed by atoms with Gasteiger partial charge < -0.3 is 4.84 Å². The molecule has 0 fully saturated rings. The van der Waals surface area contributed by atoms with E-state index in [4.69, 9.17) is 52.8 Å². The Balaban J connectivity index is 0.000000892. The Morgan fingerprint density at radius 3 is 2.18 bits per heavy atom. The first-order valence-corrected chi connectivity index (χ1v) is 9.40. The number of oxime groups is 1. The Kier molecular flexibility index (Phi) is 9.22. The second kappa shape index (κ2) is 10.7. The molecule has 0 saturated heterocycles. The number of alkyl halides is 3. The lowest BCUT2D eigenvalue weighted by Crippen LogP contribution is -2.12. The zero-order chi connectivity index (χ0) is 21.5. The summed E-state index contributed by atoms with van der Waals surface area (Å²) in [5.41, 5.74) is -0.312. The van der Waals surface area contributed by atoms with Gasteiger partial charge in [0.1, 0.15) is 6.61 Å². The van der Waals surface area contributed by atoms with E-state index < -0.39 is 22.2 Å². The van der Waals surface area contributed by atoms with E-state index in [9.17, 15) is 13.2 Å². The maximum atomic E-state index is 13.0. The van der Waals surface area contributed by atoms with Gasteiger partial charge in [-0.25, -0.2) is 0 Å². The highest BCUT2D eigenvalue weighted by atomic mass is 35.5. The van der Waals surface area contributed by atoms with Crippen molar-refractivity contribution >= 4 is 51.0 Å². The van der Waals surface area contributed by atoms with E-state index in [1.807, 2.05) is 0 Å². The zero-order valence-electron chi connectivity index (χ0n) is 14.0. The summed E-state index contributed by atoms with van der Waals surface area (Å²) in [5, 5.41) is 4.76. The number of nitrogens with zero attached hydrogens (tertiary/aromatic N) is 1. The third-order valence-electron chi connectivity index (χ3n) is 3.11. The Morgan fingerprint density at radius 1 is 1.11 bits per heavy atom. The van der Waals surface area contributed by atoms with Crippen LogP contribution >= 0.6 is 34.8 Å². The van der Waals surface area contributed by atoms with Crippen molar-refractivity contribution in [1.82, 2.24) is 0 Å². The highest BCUT2D eigenvalue weighted by Crippen LogP contribution is 2.33. The molecule has 0 spiro atoms. The maximum Gasteiger partial charge on any atom is 0.417 e. The minimum atomic E-state index is -4.52. The van der Waals surface area contributed by atoms with E-state index in [1.54, 1.807) is 12.1 Å². The van der Waals surface area contributed by atoms with Gasteiger partial charge in [-0.05, 0) is 37.3 Å². The van der Waals surface area contributed by atoms with E-state index in [1.165, 1.54) is 25.1 Å². The first kappa shape index (κ1) is 24.2. The predicted molar refractivity (Wildman–Crippen MR) is 102 cm³/mol. The lowest BCUT2D eigenvalue weighted by Gasteiger charge is -2.13. The van der Waals surface area contributed by atoms with Crippen LogP contribution in [0.2, 0.25) is 15.1 Å². The predicted octanol–water partition coefficient (Wildman–Crippen LogP) is 6.23. The number of halogens is 6. The molecular formula is C16H12Cl3F3N2O3S. The zero-order valence-corrected chi connectivity index (χ0v) is 17.1. The van der Waals surface area contributed by atoms with Gasteiger partial charge in [-0.3, -0.25) is 0 Å². The van der Waals surface area contributed by atoms with Crippen LogP contribution < -0.4 is 0 Å². The summed E-state index contributed by atoms with van der Waals surface area (Å²) in [4.78, 5) is 5.11. The van der Waals surface area contributed by atoms with Crippen LogP contribution in [-0.4, -0.2) is 14.1 Å². The summed E-state index contributed by atoms with van der Waals surface area (Å²) in [5.74, 6) is 0. The van der Waals surface area contributed by atoms with E-state index in [2.05, 4.69) is 5.16 Å². The first-order chi connectivity index (χ1) is 12.9. The molecule has 0 amide bonds. The monoisotopic (exact) mass is 474 g/mol. The average molecular weight is 476 g/mol. The van der Waals surface area contributed by atoms with Crippen molar-refractivity contribution in [1.29, 1.82) is 4.78 Å². The van der Waals surface area contributed by atoms with Gasteiger partial charge in [-0.15, -0.1) is 0 Å². The van der Waals surface area contributed by atoms with Crippen molar-refractivity contribution < 1.29 is 26.4 Å². The highest BCUT2D eigenvalue weighted by Gasteiger charge is 2.34. The van der Waals surface area contributed by atoms with Crippen molar-refractivity contribution in [2.24, 2.45) is 5.16 Å². The Morgan fingerprint density at radius 2 is 1.64 bits per heavy atom. The largest absolute Gasteiger partial charge is 0.417 e. The number of nitrogens with one attached hydrogen (secondary N) is 1. The van der Waals surface area contributed by atoms with Gasteiger partial charge in [0.15, 0.2) is 0 Å². The number of rotatable bonds is 4. The Hall–Kier alpha value is -1.81. The second-order valence-electron chi connectivity index (χ2n) is 5.11. The molecule has 0 heterocycles. The maximum absolute atomic E-state index is 13.0. The van der Waals surface area contributed by atoms with Crippen molar-refractivity contribution in [3.63, 3.8) is 0 Å². The van der Waals surface area contributed by atoms with Crippen molar-refractivity contribution in [3.8, 4) is 0 Å². The van der Waals surface area contributed by atoms with Gasteiger partial charge >= 0.3 is 16.7 Å². The van der Waals surface area contributed by atoms with Crippen molar-refractivity contribution in [3.05, 3.63) is 68.2 Å². The molecule has 2 rings (SSSR count). The minimum Gasteiger partial charge on any atom is -0.391 e. The second-order valence-corrected chi connectivity index (χ2v) is 6.86. The standard InChI is InChI=1S/C16H11Cl3F3NO.HNO2S/c1-9(13-6-11(17)4-5-14(13)16(20,21)22)23-24-8-10-2-3-12(18)7-15(10)19;1-4(2)3/h2-7H,8H2,1H3;1H/b23-9+;. The number of benzene rings is 2. The summed E-state index contributed by atoms with van der Waals surface area (Å²) >= 11 is 17.6. The van der Waals surface area contributed by atoms with Crippen LogP contribution in [0.5, 0.6) is 0 Å². The topological polar surface area (TPSA) is 79.6 Å². The third kappa shape index (κ3) is 8.05. The Labute approximate surface area is 175 Å². The molecule has 0 bridgehead atoms. The normalized spacial score (nSPS) is 11.5. The van der Waals surface area contributed by atoms with Gasteiger partial charge in [0, 0.05) is 26.2 Å². The molecule has 5 nitrogen and oxygen atoms in total. The van der Waals surface area contributed by atoms with Crippen LogP contribution in [-0.2, 0) is 28.1 Å². The van der Waals surface area contributed by atoms with Gasteiger partial charge in [0.25, 0.3) is 0 Å². The molecule has 0 atom stereocenters. The molecular weight excluding hydrogens is 464 g/mol. The fourth-order valence-corrected chi connectivity index (χ4v) is 2.58. The summed E-state index contributed by atoms with van der Waals surface area (Å²) < 4.78 is 62.0. The summed E-state index contributed by atoms with van der Waals surface area (Å²) in [6.07, 6.45) is -4.52. The molecule has 2 aromatic carbocycles. The van der Waals surface area contributed by atoms with E-state index in [0.717, 1.165) is 6.07 Å². The molecule has 0 saturated carbocycles. The summed E-state index contributed by atoms with van der Waals surface area (Å²) in [6.45, 7) is 1.40. The third-order valence-corrected chi connectivity index (χ3v) is 3.94. The first-order valence-electron chi connectivity index (χ1n) is 7.20. The van der Waals surface area contributed by atoms with Crippen LogP contribution in [0.15, 0.2) is 41.6 Å². The van der Waals surface area contributed by atoms with Gasteiger partial charge in [0.2, 0.25) is 0 Å². The van der Waals surface area contributed by atoms with Crippen LogP contribution in [0, 0.1) is 4.78 Å². The van der Waals surface area contributed by atoms with Gasteiger partial charge in [-0.2, -0.15) is 26.4 Å². The fraction of sp³-hybridized carbons (Fsp3) is 0.188. The highest BCUT2D eigenvalue weighted by molar-refractivity contribution is 7.60. The fourth-order valence-electron chi connectivity index (χ4n) is 1.95. The molecule has 152 valence electrons. The van der Waals surface area contributed by atoms with Crippen LogP contribution in [0.4, 0.5) is 13.2 Å². The molecule has 2 aromatic rings. The van der Waals surface area contributed by atoms with Crippen LogP contribution in [0.1, 0.15) is 23.6 Å². The quantitative estimate of drug-likeness (QED) is 0.420. The minimum absolute atomic E-state index is 0.00470. The van der Waals surface area contributed by atoms with Crippen LogP contribution in [0.25, 0.3) is 0 Å².